The summed E-state index contributed by atoms with van der Waals surface area (Å²) in [5.41, 5.74) is 7.49. The van der Waals surface area contributed by atoms with Crippen LogP contribution in [0.1, 0.15) is 17.0 Å². The topological polar surface area (TPSA) is 69.6 Å². The Balaban J connectivity index is 1.58. The van der Waals surface area contributed by atoms with Gasteiger partial charge in [0.25, 0.3) is 0 Å². The van der Waals surface area contributed by atoms with E-state index >= 15 is 0 Å². The molecule has 32 heavy (non-hydrogen) atoms. The molecular formula is C25H18ClN5O. The fraction of sp³-hybridized carbons (Fsp3) is 0.120. The lowest BCUT2D eigenvalue weighted by Crippen LogP contribution is -2.02. The molecule has 6 nitrogen and oxygen atoms in total. The highest BCUT2D eigenvalue weighted by Crippen LogP contribution is 2.34. The standard InChI is InChI=1S/C25H18ClN5O/c1-14-11-12-15(2)23-21(14)22-24(28-19-10-6-5-9-18(19)27-22)31(23)13-20-29-30-25(32-20)16-7-3-4-8-17(16)26/h3-12H,13H2,1-2H3. The van der Waals surface area contributed by atoms with Crippen LogP contribution >= 0.6 is 11.6 Å². The van der Waals surface area contributed by atoms with Crippen LogP contribution in [0.4, 0.5) is 0 Å². The van der Waals surface area contributed by atoms with Crippen molar-refractivity contribution >= 4 is 44.7 Å². The SMILES string of the molecule is Cc1ccc(C)c2c1c1nc3ccccc3nc1n2Cc1nnc(-c2ccccc2Cl)o1. The van der Waals surface area contributed by atoms with Crippen molar-refractivity contribution in [1.82, 2.24) is 24.7 Å². The summed E-state index contributed by atoms with van der Waals surface area (Å²) in [5, 5.41) is 10.2. The summed E-state index contributed by atoms with van der Waals surface area (Å²) in [4.78, 5) is 9.93. The van der Waals surface area contributed by atoms with Crippen LogP contribution in [-0.4, -0.2) is 24.7 Å². The molecule has 0 unspecified atom stereocenters. The minimum absolute atomic E-state index is 0.384. The number of para-hydroxylation sites is 2. The first-order chi connectivity index (χ1) is 15.6. The highest BCUT2D eigenvalue weighted by molar-refractivity contribution is 6.33. The van der Waals surface area contributed by atoms with Gasteiger partial charge < -0.3 is 8.98 Å². The monoisotopic (exact) mass is 439 g/mol. The zero-order valence-corrected chi connectivity index (χ0v) is 18.3. The Morgan fingerprint density at radius 2 is 1.56 bits per heavy atom. The summed E-state index contributed by atoms with van der Waals surface area (Å²) in [6.07, 6.45) is 0. The number of aromatic nitrogens is 5. The summed E-state index contributed by atoms with van der Waals surface area (Å²) < 4.78 is 8.12. The summed E-state index contributed by atoms with van der Waals surface area (Å²) in [6, 6.07) is 19.6. The maximum atomic E-state index is 6.31. The molecule has 0 aliphatic rings. The maximum Gasteiger partial charge on any atom is 0.249 e. The first-order valence-electron chi connectivity index (χ1n) is 10.3. The van der Waals surface area contributed by atoms with Gasteiger partial charge in [-0.2, -0.15) is 0 Å². The molecule has 7 heteroatoms. The van der Waals surface area contributed by atoms with E-state index in [0.29, 0.717) is 28.9 Å². The third kappa shape index (κ3) is 2.87. The van der Waals surface area contributed by atoms with Gasteiger partial charge in [-0.1, -0.05) is 48.0 Å². The average Bonchev–Trinajstić information content (AvgIpc) is 3.39. The third-order valence-corrected chi connectivity index (χ3v) is 6.10. The van der Waals surface area contributed by atoms with E-state index in [9.17, 15) is 0 Å². The van der Waals surface area contributed by atoms with Gasteiger partial charge in [0.05, 0.1) is 27.1 Å². The van der Waals surface area contributed by atoms with E-state index < -0.39 is 0 Å². The summed E-state index contributed by atoms with van der Waals surface area (Å²) in [6.45, 7) is 4.58. The number of fused-ring (bicyclic) bond motifs is 4. The van der Waals surface area contributed by atoms with Gasteiger partial charge in [-0.25, -0.2) is 9.97 Å². The average molecular weight is 440 g/mol. The number of halogens is 1. The molecule has 0 aliphatic heterocycles. The number of hydrogen-bond acceptors (Lipinski definition) is 5. The van der Waals surface area contributed by atoms with Gasteiger partial charge in [0.2, 0.25) is 11.8 Å². The molecule has 0 saturated heterocycles. The van der Waals surface area contributed by atoms with E-state index in [1.165, 1.54) is 0 Å². The van der Waals surface area contributed by atoms with Gasteiger partial charge in [-0.3, -0.25) is 0 Å². The lowest BCUT2D eigenvalue weighted by molar-refractivity contribution is 0.494. The highest BCUT2D eigenvalue weighted by atomic mass is 35.5. The molecule has 3 aromatic carbocycles. The van der Waals surface area contributed by atoms with Crippen LogP contribution in [0.15, 0.2) is 65.1 Å². The van der Waals surface area contributed by atoms with Crippen LogP contribution in [0.25, 0.3) is 44.6 Å². The fourth-order valence-corrected chi connectivity index (χ4v) is 4.46. The number of benzene rings is 3. The first-order valence-corrected chi connectivity index (χ1v) is 10.7. The Morgan fingerprint density at radius 1 is 0.844 bits per heavy atom. The van der Waals surface area contributed by atoms with Crippen molar-refractivity contribution < 1.29 is 4.42 Å². The van der Waals surface area contributed by atoms with E-state index in [2.05, 4.69) is 40.7 Å². The molecule has 0 spiro atoms. The molecule has 0 saturated carbocycles. The van der Waals surface area contributed by atoms with Crippen molar-refractivity contribution in [3.05, 3.63) is 82.7 Å². The van der Waals surface area contributed by atoms with Crippen LogP contribution in [0.5, 0.6) is 0 Å². The zero-order chi connectivity index (χ0) is 21.8. The van der Waals surface area contributed by atoms with Crippen molar-refractivity contribution in [1.29, 1.82) is 0 Å². The zero-order valence-electron chi connectivity index (χ0n) is 17.5. The molecule has 3 aromatic heterocycles. The van der Waals surface area contributed by atoms with Crippen molar-refractivity contribution in [3.63, 3.8) is 0 Å². The van der Waals surface area contributed by atoms with E-state index in [1.807, 2.05) is 42.5 Å². The normalized spacial score (nSPS) is 11.7. The fourth-order valence-electron chi connectivity index (χ4n) is 4.25. The summed E-state index contributed by atoms with van der Waals surface area (Å²) >= 11 is 6.31. The Hall–Kier alpha value is -3.77. The molecule has 6 aromatic rings. The molecule has 0 fully saturated rings. The third-order valence-electron chi connectivity index (χ3n) is 5.77. The Kier molecular flexibility index (Phi) is 4.23. The van der Waals surface area contributed by atoms with Gasteiger partial charge in [0.15, 0.2) is 5.65 Å². The molecule has 156 valence electrons. The Labute approximate surface area is 188 Å². The number of nitrogens with zero attached hydrogens (tertiary/aromatic N) is 5. The predicted molar refractivity (Wildman–Crippen MR) is 126 cm³/mol. The largest absolute Gasteiger partial charge is 0.419 e. The molecular weight excluding hydrogens is 422 g/mol. The minimum atomic E-state index is 0.384. The molecule has 0 aliphatic carbocycles. The van der Waals surface area contributed by atoms with Crippen LogP contribution < -0.4 is 0 Å². The molecule has 0 amide bonds. The van der Waals surface area contributed by atoms with Gasteiger partial charge in [0.1, 0.15) is 12.1 Å². The predicted octanol–water partition coefficient (Wildman–Crippen LogP) is 6.11. The van der Waals surface area contributed by atoms with E-state index in [1.54, 1.807) is 6.07 Å². The Morgan fingerprint density at radius 3 is 2.38 bits per heavy atom. The molecule has 0 N–H and O–H groups in total. The van der Waals surface area contributed by atoms with Crippen molar-refractivity contribution in [2.45, 2.75) is 20.4 Å². The number of hydrogen-bond donors (Lipinski definition) is 0. The Bertz CT molecular complexity index is 1650. The van der Waals surface area contributed by atoms with Crippen LogP contribution in [-0.2, 0) is 6.54 Å². The number of aryl methyl sites for hydroxylation is 2. The highest BCUT2D eigenvalue weighted by Gasteiger charge is 2.20. The second-order valence-corrected chi connectivity index (χ2v) is 8.28. The van der Waals surface area contributed by atoms with E-state index in [0.717, 1.165) is 44.2 Å². The molecule has 6 rings (SSSR count). The lowest BCUT2D eigenvalue weighted by Gasteiger charge is -2.07. The smallest absolute Gasteiger partial charge is 0.249 e. The van der Waals surface area contributed by atoms with Crippen LogP contribution in [0.2, 0.25) is 5.02 Å². The van der Waals surface area contributed by atoms with Crippen LogP contribution in [0, 0.1) is 13.8 Å². The van der Waals surface area contributed by atoms with Crippen molar-refractivity contribution in [3.8, 4) is 11.5 Å². The summed E-state index contributed by atoms with van der Waals surface area (Å²) in [5.74, 6) is 0.880. The van der Waals surface area contributed by atoms with Crippen molar-refractivity contribution in [2.75, 3.05) is 0 Å². The molecule has 0 atom stereocenters. The van der Waals surface area contributed by atoms with Gasteiger partial charge >= 0.3 is 0 Å². The lowest BCUT2D eigenvalue weighted by atomic mass is 10.1. The van der Waals surface area contributed by atoms with E-state index in [-0.39, 0.29) is 0 Å². The minimum Gasteiger partial charge on any atom is -0.419 e. The van der Waals surface area contributed by atoms with Gasteiger partial charge in [-0.05, 0) is 49.2 Å². The second kappa shape index (κ2) is 7.14. The molecule has 3 heterocycles. The summed E-state index contributed by atoms with van der Waals surface area (Å²) in [7, 11) is 0. The maximum absolute atomic E-state index is 6.31. The van der Waals surface area contributed by atoms with Gasteiger partial charge in [0, 0.05) is 5.39 Å². The second-order valence-electron chi connectivity index (χ2n) is 7.87. The van der Waals surface area contributed by atoms with E-state index in [4.69, 9.17) is 26.0 Å². The molecule has 0 radical (unpaired) electrons. The first kappa shape index (κ1) is 19.0. The quantitative estimate of drug-likeness (QED) is 0.333. The van der Waals surface area contributed by atoms with Crippen molar-refractivity contribution in [2.24, 2.45) is 0 Å². The molecule has 0 bridgehead atoms. The number of rotatable bonds is 3. The van der Waals surface area contributed by atoms with Gasteiger partial charge in [-0.15, -0.1) is 10.2 Å². The van der Waals surface area contributed by atoms with Crippen LogP contribution in [0.3, 0.4) is 0 Å².